The zero-order valence-corrected chi connectivity index (χ0v) is 17.1. The fraction of sp³-hybridized carbons (Fsp3) is 0.300. The minimum Gasteiger partial charge on any atom is -0.457 e. The number of fused-ring (bicyclic) bond motifs is 1. The highest BCUT2D eigenvalue weighted by Gasteiger charge is 2.20. The molecule has 8 nitrogen and oxygen atoms in total. The van der Waals surface area contributed by atoms with Crippen molar-refractivity contribution in [2.75, 3.05) is 17.7 Å². The summed E-state index contributed by atoms with van der Waals surface area (Å²) in [6, 6.07) is 9.06. The Balaban J connectivity index is 1.47. The number of carbonyl (C=O) groups excluding carboxylic acids is 3. The highest BCUT2D eigenvalue weighted by molar-refractivity contribution is 8.01. The lowest BCUT2D eigenvalue weighted by atomic mass is 10.1. The van der Waals surface area contributed by atoms with E-state index in [1.54, 1.807) is 19.9 Å². The molecule has 0 fully saturated rings. The van der Waals surface area contributed by atoms with E-state index in [0.29, 0.717) is 17.1 Å². The molecule has 0 aliphatic heterocycles. The van der Waals surface area contributed by atoms with Crippen molar-refractivity contribution >= 4 is 46.1 Å². The smallest absolute Gasteiger partial charge is 0.316 e. The van der Waals surface area contributed by atoms with Crippen molar-refractivity contribution in [1.29, 1.82) is 0 Å². The number of Topliss-reactive ketones (excluding diaryl/α,β-unsaturated/α-hetero) is 1. The van der Waals surface area contributed by atoms with Crippen molar-refractivity contribution in [1.82, 2.24) is 10.1 Å². The average molecular weight is 415 g/mol. The zero-order chi connectivity index (χ0) is 21.0. The summed E-state index contributed by atoms with van der Waals surface area (Å²) in [5.41, 5.74) is 2.11. The molecule has 2 aromatic heterocycles. The predicted molar refractivity (Wildman–Crippen MR) is 110 cm³/mol. The van der Waals surface area contributed by atoms with Crippen LogP contribution in [-0.2, 0) is 14.3 Å². The number of aromatic nitrogens is 2. The molecule has 0 saturated heterocycles. The summed E-state index contributed by atoms with van der Waals surface area (Å²) in [5.74, 6) is -0.279. The Morgan fingerprint density at radius 2 is 2.03 bits per heavy atom. The Morgan fingerprint density at radius 3 is 2.76 bits per heavy atom. The summed E-state index contributed by atoms with van der Waals surface area (Å²) in [4.78, 5) is 39.7. The Morgan fingerprint density at radius 1 is 1.28 bits per heavy atom. The topological polar surface area (TPSA) is 114 Å². The maximum atomic E-state index is 12.5. The van der Waals surface area contributed by atoms with Crippen LogP contribution >= 0.6 is 11.8 Å². The normalized spacial score (nSPS) is 12.0. The highest BCUT2D eigenvalue weighted by atomic mass is 32.2. The average Bonchev–Trinajstić information content (AvgIpc) is 3.25. The van der Waals surface area contributed by atoms with Crippen LogP contribution in [0.3, 0.4) is 0 Å². The number of aryl methyl sites for hydroxylation is 2. The number of carbonyl (C=O) groups is 3. The standard InChI is InChI=1S/C20H21N3O5S/c1-11-8-17(23-28-11)22-20(26)13(3)29-10-18(25)27-9-16(24)19-12(2)21-15-7-5-4-6-14(15)19/h4-8,13,21H,9-10H2,1-3H3,(H,22,23,26)/t13-/m1/s1. The molecule has 1 amide bonds. The second-order valence-electron chi connectivity index (χ2n) is 6.52. The fourth-order valence-electron chi connectivity index (χ4n) is 2.82. The van der Waals surface area contributed by atoms with Crippen LogP contribution in [-0.4, -0.2) is 45.4 Å². The maximum Gasteiger partial charge on any atom is 0.316 e. The molecule has 1 aromatic carbocycles. The minimum absolute atomic E-state index is 0.0490. The number of rotatable bonds is 8. The van der Waals surface area contributed by atoms with Crippen LogP contribution in [0.2, 0.25) is 0 Å². The van der Waals surface area contributed by atoms with Gasteiger partial charge in [-0.15, -0.1) is 11.8 Å². The molecule has 0 bridgehead atoms. The van der Waals surface area contributed by atoms with Crippen molar-refractivity contribution < 1.29 is 23.6 Å². The number of nitrogens with one attached hydrogen (secondary N) is 2. The van der Waals surface area contributed by atoms with Gasteiger partial charge in [0.1, 0.15) is 5.76 Å². The molecule has 152 valence electrons. The first kappa shape index (κ1) is 20.7. The number of anilines is 1. The highest BCUT2D eigenvalue weighted by Crippen LogP contribution is 2.22. The van der Waals surface area contributed by atoms with Crippen LogP contribution in [0.15, 0.2) is 34.9 Å². The van der Waals surface area contributed by atoms with E-state index in [4.69, 9.17) is 9.26 Å². The molecule has 3 rings (SSSR count). The van der Waals surface area contributed by atoms with Crippen LogP contribution in [0.25, 0.3) is 10.9 Å². The van der Waals surface area contributed by atoms with Gasteiger partial charge in [-0.3, -0.25) is 14.4 Å². The third kappa shape index (κ3) is 5.05. The number of amides is 1. The van der Waals surface area contributed by atoms with Crippen LogP contribution in [0, 0.1) is 13.8 Å². The van der Waals surface area contributed by atoms with Crippen LogP contribution in [0.1, 0.15) is 28.7 Å². The Bertz CT molecular complexity index is 1060. The van der Waals surface area contributed by atoms with E-state index >= 15 is 0 Å². The van der Waals surface area contributed by atoms with Crippen molar-refractivity contribution in [3.8, 4) is 0 Å². The summed E-state index contributed by atoms with van der Waals surface area (Å²) < 4.78 is 9.98. The van der Waals surface area contributed by atoms with Crippen LogP contribution < -0.4 is 5.32 Å². The first-order valence-electron chi connectivity index (χ1n) is 8.97. The number of thioether (sulfide) groups is 1. The molecule has 2 N–H and O–H groups in total. The summed E-state index contributed by atoms with van der Waals surface area (Å²) in [6.45, 7) is 4.85. The van der Waals surface area contributed by atoms with E-state index in [0.717, 1.165) is 28.4 Å². The molecule has 1 atom stereocenters. The van der Waals surface area contributed by atoms with Gasteiger partial charge >= 0.3 is 5.97 Å². The number of nitrogens with zero attached hydrogens (tertiary/aromatic N) is 1. The Labute approximate surface area is 171 Å². The van der Waals surface area contributed by atoms with Gasteiger partial charge < -0.3 is 19.6 Å². The number of para-hydroxylation sites is 1. The zero-order valence-electron chi connectivity index (χ0n) is 16.3. The fourth-order valence-corrected chi connectivity index (χ4v) is 3.50. The van der Waals surface area contributed by atoms with E-state index in [1.165, 1.54) is 0 Å². The first-order chi connectivity index (χ1) is 13.8. The molecule has 0 aliphatic rings. The number of benzene rings is 1. The molecule has 9 heteroatoms. The number of hydrogen-bond acceptors (Lipinski definition) is 7. The number of aromatic amines is 1. The van der Waals surface area contributed by atoms with E-state index in [-0.39, 0.29) is 24.1 Å². The summed E-state index contributed by atoms with van der Waals surface area (Å²) in [7, 11) is 0. The number of esters is 1. The predicted octanol–water partition coefficient (Wildman–Crippen LogP) is 3.26. The van der Waals surface area contributed by atoms with Gasteiger partial charge in [-0.1, -0.05) is 23.4 Å². The van der Waals surface area contributed by atoms with Gasteiger partial charge in [-0.2, -0.15) is 0 Å². The van der Waals surface area contributed by atoms with Gasteiger partial charge in [-0.25, -0.2) is 0 Å². The minimum atomic E-state index is -0.558. The lowest BCUT2D eigenvalue weighted by molar-refractivity contribution is -0.139. The Hall–Kier alpha value is -3.07. The quantitative estimate of drug-likeness (QED) is 0.429. The summed E-state index contributed by atoms with van der Waals surface area (Å²) in [6.07, 6.45) is 0. The number of H-pyrrole nitrogens is 1. The van der Waals surface area contributed by atoms with Crippen LogP contribution in [0.5, 0.6) is 0 Å². The molecular formula is C20H21N3O5S. The van der Waals surface area contributed by atoms with Gasteiger partial charge in [0.25, 0.3) is 0 Å². The van der Waals surface area contributed by atoms with E-state index in [2.05, 4.69) is 15.5 Å². The molecule has 0 unspecified atom stereocenters. The lowest BCUT2D eigenvalue weighted by Gasteiger charge is -2.10. The third-order valence-corrected chi connectivity index (χ3v) is 5.35. The largest absolute Gasteiger partial charge is 0.457 e. The number of ether oxygens (including phenoxy) is 1. The summed E-state index contributed by atoms with van der Waals surface area (Å²) in [5, 5.41) is 6.58. The molecule has 29 heavy (non-hydrogen) atoms. The second-order valence-corrected chi connectivity index (χ2v) is 7.85. The van der Waals surface area contributed by atoms with Crippen molar-refractivity contribution in [3.05, 3.63) is 47.3 Å². The van der Waals surface area contributed by atoms with Gasteiger partial charge in [0.05, 0.1) is 11.0 Å². The van der Waals surface area contributed by atoms with Crippen LogP contribution in [0.4, 0.5) is 5.82 Å². The summed E-state index contributed by atoms with van der Waals surface area (Å²) >= 11 is 1.11. The lowest BCUT2D eigenvalue weighted by Crippen LogP contribution is -2.24. The third-order valence-electron chi connectivity index (χ3n) is 4.24. The van der Waals surface area contributed by atoms with Crippen molar-refractivity contribution in [3.63, 3.8) is 0 Å². The van der Waals surface area contributed by atoms with Crippen molar-refractivity contribution in [2.24, 2.45) is 0 Å². The maximum absolute atomic E-state index is 12.5. The van der Waals surface area contributed by atoms with Gasteiger partial charge in [0.15, 0.2) is 12.4 Å². The molecule has 0 radical (unpaired) electrons. The molecule has 0 aliphatic carbocycles. The van der Waals surface area contributed by atoms with Gasteiger partial charge in [0, 0.05) is 28.2 Å². The van der Waals surface area contributed by atoms with Crippen molar-refractivity contribution in [2.45, 2.75) is 26.0 Å². The van der Waals surface area contributed by atoms with E-state index in [9.17, 15) is 14.4 Å². The second kappa shape index (κ2) is 8.95. The van der Waals surface area contributed by atoms with E-state index < -0.39 is 11.2 Å². The molecule has 0 saturated carbocycles. The molecular weight excluding hydrogens is 394 g/mol. The van der Waals surface area contributed by atoms with Gasteiger partial charge in [-0.05, 0) is 26.8 Å². The number of hydrogen-bond donors (Lipinski definition) is 2. The molecule has 2 heterocycles. The van der Waals surface area contributed by atoms with Gasteiger partial charge in [0.2, 0.25) is 11.7 Å². The molecule has 0 spiro atoms. The van der Waals surface area contributed by atoms with E-state index in [1.807, 2.05) is 31.2 Å². The first-order valence-corrected chi connectivity index (χ1v) is 10.0. The SMILES string of the molecule is Cc1cc(NC(=O)[C@@H](C)SCC(=O)OCC(=O)c2c(C)[nH]c3ccccc23)no1. The Kier molecular flexibility index (Phi) is 6.38. The number of ketones is 1. The monoisotopic (exact) mass is 415 g/mol. The molecule has 3 aromatic rings.